The number of nitrogens with zero attached hydrogens (tertiary/aromatic N) is 4. The van der Waals surface area contributed by atoms with Crippen molar-refractivity contribution in [1.82, 2.24) is 35.8 Å². The van der Waals surface area contributed by atoms with E-state index >= 15 is 0 Å². The lowest BCUT2D eigenvalue weighted by Gasteiger charge is -2.29. The molecule has 346 valence electrons. The molecule has 2 heterocycles. The number of nitrogens with two attached hydrogens (primary N) is 1. The molecular weight excluding hydrogens is 819 g/mol. The summed E-state index contributed by atoms with van der Waals surface area (Å²) in [5.41, 5.74) is 6.89. The third-order valence-corrected chi connectivity index (χ3v) is 10.3. The maximum Gasteiger partial charge on any atom is 0.311 e. The van der Waals surface area contributed by atoms with Crippen molar-refractivity contribution in [2.75, 3.05) is 64.6 Å². The van der Waals surface area contributed by atoms with E-state index in [0.717, 1.165) is 18.4 Å². The summed E-state index contributed by atoms with van der Waals surface area (Å²) in [5.74, 6) is -2.24. The summed E-state index contributed by atoms with van der Waals surface area (Å²) in [6, 6.07) is 6.00. The van der Waals surface area contributed by atoms with Crippen LogP contribution in [0, 0.1) is 17.3 Å². The first kappa shape index (κ1) is 50.1. The Morgan fingerprint density at radius 1 is 0.857 bits per heavy atom. The second-order valence-corrected chi connectivity index (χ2v) is 16.5. The minimum absolute atomic E-state index is 0.0438. The molecule has 0 saturated heterocycles. The van der Waals surface area contributed by atoms with Gasteiger partial charge in [0.2, 0.25) is 23.6 Å². The first-order valence-corrected chi connectivity index (χ1v) is 21.5. The minimum Gasteiger partial charge on any atom is -0.460 e. The van der Waals surface area contributed by atoms with Crippen LogP contribution in [0.15, 0.2) is 42.6 Å². The number of carbonyl (C=O) groups excluding carboxylic acids is 7. The van der Waals surface area contributed by atoms with Crippen LogP contribution in [-0.4, -0.2) is 127 Å². The molecule has 20 nitrogen and oxygen atoms in total. The summed E-state index contributed by atoms with van der Waals surface area (Å²) in [6.07, 6.45) is 8.91. The molecule has 0 radical (unpaired) electrons. The maximum atomic E-state index is 13.1. The molecule has 2 aliphatic rings. The predicted molar refractivity (Wildman–Crippen MR) is 228 cm³/mol. The van der Waals surface area contributed by atoms with Gasteiger partial charge in [0.15, 0.2) is 0 Å². The predicted octanol–water partition coefficient (Wildman–Crippen LogP) is 1.13. The molecule has 6 amide bonds. The highest BCUT2D eigenvalue weighted by molar-refractivity contribution is 6.12. The van der Waals surface area contributed by atoms with Crippen LogP contribution in [0.2, 0.25) is 0 Å². The van der Waals surface area contributed by atoms with Crippen molar-refractivity contribution in [1.29, 1.82) is 0 Å². The number of imide groups is 1. The highest BCUT2D eigenvalue weighted by atomic mass is 16.5. The summed E-state index contributed by atoms with van der Waals surface area (Å²) >= 11 is 0. The fourth-order valence-electron chi connectivity index (χ4n) is 6.63. The molecule has 1 aromatic heterocycles. The van der Waals surface area contributed by atoms with Gasteiger partial charge in [-0.25, -0.2) is 4.68 Å². The number of hydrogen-bond donors (Lipinski definition) is 5. The molecule has 6 N–H and O–H groups in total. The van der Waals surface area contributed by atoms with Gasteiger partial charge in [-0.3, -0.25) is 38.5 Å². The monoisotopic (exact) mass is 881 g/mol. The van der Waals surface area contributed by atoms with E-state index in [4.69, 9.17) is 24.7 Å². The Morgan fingerprint density at radius 3 is 2.22 bits per heavy atom. The zero-order valence-corrected chi connectivity index (χ0v) is 36.6. The van der Waals surface area contributed by atoms with Crippen LogP contribution >= 0.6 is 0 Å². The average Bonchev–Trinajstić information content (AvgIpc) is 3.85. The number of carbonyl (C=O) groups is 7. The molecule has 1 atom stereocenters. The lowest BCUT2D eigenvalue weighted by Crippen LogP contribution is -2.45. The zero-order valence-electron chi connectivity index (χ0n) is 36.6. The summed E-state index contributed by atoms with van der Waals surface area (Å²) in [6.45, 7) is 7.63. The van der Waals surface area contributed by atoms with E-state index < -0.39 is 35.8 Å². The number of amides is 6. The van der Waals surface area contributed by atoms with Crippen LogP contribution < -0.4 is 27.0 Å². The Labute approximate surface area is 367 Å². The molecule has 1 aliphatic carbocycles. The van der Waals surface area contributed by atoms with Gasteiger partial charge in [0, 0.05) is 36.8 Å². The van der Waals surface area contributed by atoms with Crippen molar-refractivity contribution in [2.24, 2.45) is 23.0 Å². The summed E-state index contributed by atoms with van der Waals surface area (Å²) in [4.78, 5) is 87.6. The molecular formula is C43H63N9O11. The number of benzene rings is 1. The van der Waals surface area contributed by atoms with Crippen molar-refractivity contribution in [3.8, 4) is 0 Å². The van der Waals surface area contributed by atoms with Gasteiger partial charge in [0.1, 0.15) is 31.6 Å². The quantitative estimate of drug-likeness (QED) is 0.0479. The van der Waals surface area contributed by atoms with Gasteiger partial charge in [0.25, 0.3) is 11.8 Å². The molecule has 63 heavy (non-hydrogen) atoms. The minimum atomic E-state index is -0.852. The van der Waals surface area contributed by atoms with Gasteiger partial charge in [0.05, 0.1) is 51.1 Å². The fraction of sp³-hybridized carbons (Fsp3) is 0.605. The van der Waals surface area contributed by atoms with Crippen LogP contribution in [-0.2, 0) is 72.2 Å². The Morgan fingerprint density at radius 2 is 1.54 bits per heavy atom. The highest BCUT2D eigenvalue weighted by Gasteiger charge is 2.31. The van der Waals surface area contributed by atoms with Gasteiger partial charge in [-0.1, -0.05) is 17.3 Å². The zero-order chi connectivity index (χ0) is 45.6. The lowest BCUT2D eigenvalue weighted by atomic mass is 9.81. The van der Waals surface area contributed by atoms with Crippen LogP contribution in [0.1, 0.15) is 77.0 Å². The molecule has 0 spiro atoms. The molecule has 20 heteroatoms. The number of esters is 1. The maximum absolute atomic E-state index is 13.1. The van der Waals surface area contributed by atoms with E-state index in [0.29, 0.717) is 82.9 Å². The second-order valence-electron chi connectivity index (χ2n) is 16.5. The Hall–Kier alpha value is -5.57. The first-order valence-electron chi connectivity index (χ1n) is 21.5. The largest absolute Gasteiger partial charge is 0.460 e. The van der Waals surface area contributed by atoms with Crippen molar-refractivity contribution in [3.63, 3.8) is 0 Å². The Kier molecular flexibility index (Phi) is 20.8. The van der Waals surface area contributed by atoms with Crippen molar-refractivity contribution < 1.29 is 52.5 Å². The number of aromatic nitrogens is 3. The molecule has 0 unspecified atom stereocenters. The SMILES string of the molecule is CC(C)(C)C(=O)OCc1ccc(NC(=O)[C@H](CCCCN)NC(=O)COCC(=O)NCCOCCOCCn2cc(CNC(=O)C3CCC(CN4C(=O)C=CC4=O)CC3)nn2)cc1. The van der Waals surface area contributed by atoms with Gasteiger partial charge < -0.3 is 45.9 Å². The van der Waals surface area contributed by atoms with Gasteiger partial charge in [-0.15, -0.1) is 5.10 Å². The average molecular weight is 882 g/mol. The fourth-order valence-corrected chi connectivity index (χ4v) is 6.63. The number of hydrogen-bond acceptors (Lipinski definition) is 14. The van der Waals surface area contributed by atoms with Crippen LogP contribution in [0.3, 0.4) is 0 Å². The van der Waals surface area contributed by atoms with Crippen molar-refractivity contribution in [3.05, 3.63) is 53.9 Å². The van der Waals surface area contributed by atoms with Gasteiger partial charge >= 0.3 is 5.97 Å². The number of rotatable bonds is 27. The molecule has 1 fully saturated rings. The third kappa shape index (κ3) is 18.4. The first-order chi connectivity index (χ1) is 30.2. The van der Waals surface area contributed by atoms with E-state index in [-0.39, 0.29) is 68.4 Å². The number of nitrogens with one attached hydrogen (secondary N) is 4. The molecule has 2 aromatic rings. The summed E-state index contributed by atoms with van der Waals surface area (Å²) < 4.78 is 23.3. The molecule has 1 saturated carbocycles. The smallest absolute Gasteiger partial charge is 0.311 e. The molecule has 4 rings (SSSR count). The van der Waals surface area contributed by atoms with Crippen LogP contribution in [0.4, 0.5) is 5.69 Å². The van der Waals surface area contributed by atoms with E-state index in [2.05, 4.69) is 31.6 Å². The van der Waals surface area contributed by atoms with Crippen LogP contribution in [0.25, 0.3) is 0 Å². The van der Waals surface area contributed by atoms with Crippen molar-refractivity contribution >= 4 is 47.1 Å². The standard InChI is InChI=1S/C43H63N9O11/c1-43(2,3)42(59)63-27-31-9-13-33(14-10-31)47-41(58)35(6-4-5-17-44)48-37(54)29-62-28-36(53)45-18-20-60-22-23-61-21-19-51-26-34(49-50-51)24-46-40(57)32-11-7-30(8-12-32)25-52-38(55)15-16-39(52)56/h9-10,13-16,26,30,32,35H,4-8,11-12,17-25,27-29,44H2,1-3H3,(H,45,53)(H,46,57)(H,47,58)(H,48,54)/t30?,32?,35-/m0/s1. The number of anilines is 1. The summed E-state index contributed by atoms with van der Waals surface area (Å²) in [5, 5.41) is 19.2. The second kappa shape index (κ2) is 26.1. The normalized spacial score (nSPS) is 16.7. The highest BCUT2D eigenvalue weighted by Crippen LogP contribution is 2.30. The van der Waals surface area contributed by atoms with E-state index in [9.17, 15) is 33.6 Å². The van der Waals surface area contributed by atoms with Crippen LogP contribution in [0.5, 0.6) is 0 Å². The summed E-state index contributed by atoms with van der Waals surface area (Å²) in [7, 11) is 0. The molecule has 0 bridgehead atoms. The lowest BCUT2D eigenvalue weighted by molar-refractivity contribution is -0.154. The Bertz CT molecular complexity index is 1840. The number of unbranched alkanes of at least 4 members (excludes halogenated alkanes) is 1. The van der Waals surface area contributed by atoms with Gasteiger partial charge in [-0.05, 0) is 95.9 Å². The molecule has 1 aliphatic heterocycles. The Balaban J connectivity index is 0.994. The topological polar surface area (TPSA) is 264 Å². The van der Waals surface area contributed by atoms with E-state index in [1.807, 2.05) is 0 Å². The number of ether oxygens (including phenoxy) is 4. The van der Waals surface area contributed by atoms with Crippen molar-refractivity contribution in [2.45, 2.75) is 91.5 Å². The third-order valence-electron chi connectivity index (χ3n) is 10.3. The van der Waals surface area contributed by atoms with E-state index in [1.165, 1.54) is 17.1 Å². The van der Waals surface area contributed by atoms with E-state index in [1.54, 1.807) is 55.9 Å². The van der Waals surface area contributed by atoms with Gasteiger partial charge in [-0.2, -0.15) is 0 Å². The molecule has 1 aromatic carbocycles.